The lowest BCUT2D eigenvalue weighted by Gasteiger charge is -2.32. The van der Waals surface area contributed by atoms with E-state index in [4.69, 9.17) is 0 Å². The van der Waals surface area contributed by atoms with Gasteiger partial charge in [0.1, 0.15) is 0 Å². The minimum atomic E-state index is -4.28. The summed E-state index contributed by atoms with van der Waals surface area (Å²) in [7, 11) is 0. The van der Waals surface area contributed by atoms with Crippen LogP contribution in [0.3, 0.4) is 0 Å². The van der Waals surface area contributed by atoms with E-state index in [0.29, 0.717) is 25.1 Å². The second-order valence-electron chi connectivity index (χ2n) is 4.48. The van der Waals surface area contributed by atoms with E-state index in [2.05, 4.69) is 0 Å². The number of para-hydroxylation sites is 1. The van der Waals surface area contributed by atoms with Crippen molar-refractivity contribution in [3.63, 3.8) is 0 Å². The Kier molecular flexibility index (Phi) is 3.59. The predicted molar refractivity (Wildman–Crippen MR) is 62.2 cm³/mol. The van der Waals surface area contributed by atoms with Gasteiger partial charge in [0, 0.05) is 18.2 Å². The predicted octanol–water partition coefficient (Wildman–Crippen LogP) is 3.38. The zero-order valence-corrected chi connectivity index (χ0v) is 9.78. The molecule has 1 atom stereocenters. The molecule has 1 aliphatic rings. The highest BCUT2D eigenvalue weighted by Gasteiger charge is 2.38. The number of anilines is 1. The summed E-state index contributed by atoms with van der Waals surface area (Å²) in [4.78, 5) is 13.5. The minimum absolute atomic E-state index is 0.321. The lowest BCUT2D eigenvalue weighted by Crippen LogP contribution is -2.42. The monoisotopic (exact) mass is 257 g/mol. The third-order valence-corrected chi connectivity index (χ3v) is 3.10. The molecular weight excluding hydrogens is 243 g/mol. The van der Waals surface area contributed by atoms with Crippen molar-refractivity contribution in [3.05, 3.63) is 30.3 Å². The molecule has 2 rings (SSSR count). The lowest BCUT2D eigenvalue weighted by molar-refractivity contribution is -0.154. The van der Waals surface area contributed by atoms with Gasteiger partial charge in [-0.25, -0.2) is 0 Å². The highest BCUT2D eigenvalue weighted by atomic mass is 19.4. The molecule has 1 aromatic rings. The fourth-order valence-electron chi connectivity index (χ4n) is 2.28. The van der Waals surface area contributed by atoms with Crippen molar-refractivity contribution >= 4 is 11.6 Å². The summed E-state index contributed by atoms with van der Waals surface area (Å²) >= 11 is 0. The number of halogens is 3. The summed E-state index contributed by atoms with van der Waals surface area (Å²) in [6.45, 7) is 0.497. The Morgan fingerprint density at radius 3 is 2.50 bits per heavy atom. The Hall–Kier alpha value is -1.52. The zero-order chi connectivity index (χ0) is 13.2. The van der Waals surface area contributed by atoms with Gasteiger partial charge in [-0.05, 0) is 25.0 Å². The van der Waals surface area contributed by atoms with Crippen LogP contribution in [-0.2, 0) is 4.79 Å². The molecule has 98 valence electrons. The van der Waals surface area contributed by atoms with E-state index in [1.165, 1.54) is 4.90 Å². The van der Waals surface area contributed by atoms with E-state index in [-0.39, 0.29) is 0 Å². The second kappa shape index (κ2) is 5.00. The SMILES string of the molecule is O=C1[C@H](CC(F)(F)F)CCCN1c1ccccc1. The normalized spacial score (nSPS) is 21.2. The number of hydrogen-bond acceptors (Lipinski definition) is 1. The lowest BCUT2D eigenvalue weighted by atomic mass is 9.93. The molecule has 1 saturated heterocycles. The maximum atomic E-state index is 12.4. The number of carbonyl (C=O) groups excluding carboxylic acids is 1. The first kappa shape index (κ1) is 12.9. The molecular formula is C13H14F3NO. The van der Waals surface area contributed by atoms with Crippen molar-refractivity contribution < 1.29 is 18.0 Å². The van der Waals surface area contributed by atoms with Gasteiger partial charge in [-0.3, -0.25) is 4.79 Å². The number of piperidine rings is 1. The number of nitrogens with zero attached hydrogens (tertiary/aromatic N) is 1. The molecule has 0 aromatic heterocycles. The van der Waals surface area contributed by atoms with Crippen LogP contribution in [0.4, 0.5) is 18.9 Å². The van der Waals surface area contributed by atoms with Crippen LogP contribution in [0.25, 0.3) is 0 Å². The van der Waals surface area contributed by atoms with Gasteiger partial charge in [-0.15, -0.1) is 0 Å². The van der Waals surface area contributed by atoms with Crippen molar-refractivity contribution in [2.75, 3.05) is 11.4 Å². The van der Waals surface area contributed by atoms with Crippen LogP contribution < -0.4 is 4.90 Å². The molecule has 0 unspecified atom stereocenters. The third-order valence-electron chi connectivity index (χ3n) is 3.10. The van der Waals surface area contributed by atoms with Gasteiger partial charge < -0.3 is 4.90 Å². The smallest absolute Gasteiger partial charge is 0.312 e. The molecule has 2 nitrogen and oxygen atoms in total. The maximum absolute atomic E-state index is 12.4. The molecule has 0 spiro atoms. The van der Waals surface area contributed by atoms with E-state index < -0.39 is 24.4 Å². The molecule has 1 heterocycles. The Balaban J connectivity index is 2.12. The average molecular weight is 257 g/mol. The first-order valence-corrected chi connectivity index (χ1v) is 5.90. The zero-order valence-electron chi connectivity index (χ0n) is 9.78. The molecule has 1 fully saturated rings. The molecule has 5 heteroatoms. The Morgan fingerprint density at radius 1 is 1.22 bits per heavy atom. The van der Waals surface area contributed by atoms with Crippen molar-refractivity contribution in [1.82, 2.24) is 0 Å². The van der Waals surface area contributed by atoms with Crippen LogP contribution in [0.5, 0.6) is 0 Å². The van der Waals surface area contributed by atoms with Crippen LogP contribution in [0.15, 0.2) is 30.3 Å². The van der Waals surface area contributed by atoms with Gasteiger partial charge in [0.05, 0.1) is 6.42 Å². The van der Waals surface area contributed by atoms with Crippen LogP contribution >= 0.6 is 0 Å². The van der Waals surface area contributed by atoms with Gasteiger partial charge in [0.15, 0.2) is 0 Å². The van der Waals surface area contributed by atoms with Crippen molar-refractivity contribution in [2.45, 2.75) is 25.4 Å². The Labute approximate surface area is 103 Å². The summed E-state index contributed by atoms with van der Waals surface area (Å²) in [5, 5.41) is 0. The van der Waals surface area contributed by atoms with E-state index >= 15 is 0 Å². The number of hydrogen-bond donors (Lipinski definition) is 0. The van der Waals surface area contributed by atoms with E-state index in [9.17, 15) is 18.0 Å². The molecule has 0 bridgehead atoms. The van der Waals surface area contributed by atoms with Crippen LogP contribution in [0.2, 0.25) is 0 Å². The highest BCUT2D eigenvalue weighted by molar-refractivity contribution is 5.95. The van der Waals surface area contributed by atoms with Gasteiger partial charge in [-0.1, -0.05) is 18.2 Å². The van der Waals surface area contributed by atoms with Crippen molar-refractivity contribution in [2.24, 2.45) is 5.92 Å². The van der Waals surface area contributed by atoms with Crippen LogP contribution in [0, 0.1) is 5.92 Å². The van der Waals surface area contributed by atoms with Crippen LogP contribution in [-0.4, -0.2) is 18.6 Å². The summed E-state index contributed by atoms with van der Waals surface area (Å²) < 4.78 is 37.1. The number of benzene rings is 1. The van der Waals surface area contributed by atoms with Crippen molar-refractivity contribution in [1.29, 1.82) is 0 Å². The Morgan fingerprint density at radius 2 is 1.89 bits per heavy atom. The summed E-state index contributed by atoms with van der Waals surface area (Å²) in [5.41, 5.74) is 0.675. The molecule has 0 aliphatic carbocycles. The molecule has 1 aromatic carbocycles. The fraction of sp³-hybridized carbons (Fsp3) is 0.462. The maximum Gasteiger partial charge on any atom is 0.389 e. The first-order chi connectivity index (χ1) is 8.47. The Bertz CT molecular complexity index is 416. The summed E-state index contributed by atoms with van der Waals surface area (Å²) in [6, 6.07) is 8.85. The van der Waals surface area contributed by atoms with E-state index in [1.54, 1.807) is 24.3 Å². The number of amides is 1. The minimum Gasteiger partial charge on any atom is -0.312 e. The van der Waals surface area contributed by atoms with Gasteiger partial charge >= 0.3 is 6.18 Å². The molecule has 18 heavy (non-hydrogen) atoms. The van der Waals surface area contributed by atoms with E-state index in [0.717, 1.165) is 0 Å². The second-order valence-corrected chi connectivity index (χ2v) is 4.48. The quantitative estimate of drug-likeness (QED) is 0.795. The summed E-state index contributed by atoms with van der Waals surface area (Å²) in [6.07, 6.45) is -4.36. The van der Waals surface area contributed by atoms with Gasteiger partial charge in [0.25, 0.3) is 0 Å². The topological polar surface area (TPSA) is 20.3 Å². The largest absolute Gasteiger partial charge is 0.389 e. The molecule has 0 saturated carbocycles. The van der Waals surface area contributed by atoms with Crippen molar-refractivity contribution in [3.8, 4) is 0 Å². The molecule has 0 radical (unpaired) electrons. The number of carbonyl (C=O) groups is 1. The van der Waals surface area contributed by atoms with Gasteiger partial charge in [0.2, 0.25) is 5.91 Å². The third kappa shape index (κ3) is 3.03. The standard InChI is InChI=1S/C13H14F3NO/c14-13(15,16)9-10-5-4-8-17(12(10)18)11-6-2-1-3-7-11/h1-3,6-7,10H,4-5,8-9H2/t10-/m0/s1. The fourth-order valence-corrected chi connectivity index (χ4v) is 2.28. The molecule has 1 aliphatic heterocycles. The van der Waals surface area contributed by atoms with E-state index in [1.807, 2.05) is 6.07 Å². The molecule has 0 N–H and O–H groups in total. The molecule has 1 amide bonds. The first-order valence-electron chi connectivity index (χ1n) is 5.90. The van der Waals surface area contributed by atoms with Gasteiger partial charge in [-0.2, -0.15) is 13.2 Å². The number of alkyl halides is 3. The summed E-state index contributed by atoms with van der Waals surface area (Å²) in [5.74, 6) is -1.34. The highest BCUT2D eigenvalue weighted by Crippen LogP contribution is 2.32. The average Bonchev–Trinajstić information content (AvgIpc) is 2.31. The van der Waals surface area contributed by atoms with Crippen LogP contribution in [0.1, 0.15) is 19.3 Å². The number of rotatable bonds is 2.